The van der Waals surface area contributed by atoms with Gasteiger partial charge in [-0.2, -0.15) is 0 Å². The average Bonchev–Trinajstić information content (AvgIpc) is 3.65. The lowest BCUT2D eigenvalue weighted by molar-refractivity contribution is -0.145. The van der Waals surface area contributed by atoms with Crippen LogP contribution in [0.15, 0.2) is 59.7 Å². The number of hydrogen-bond acceptors (Lipinski definition) is 10. The number of guanidine groups is 1. The maximum absolute atomic E-state index is 14.2. The largest absolute Gasteiger partial charge is 0.508 e. The van der Waals surface area contributed by atoms with E-state index in [-0.39, 0.29) is 62.2 Å². The Bertz CT molecular complexity index is 1980. The van der Waals surface area contributed by atoms with Crippen LogP contribution in [-0.4, -0.2) is 107 Å². The highest BCUT2D eigenvalue weighted by Gasteiger charge is 2.33. The molecule has 0 saturated heterocycles. The third-order valence-electron chi connectivity index (χ3n) is 10.3. The number of benzene rings is 2. The quantitative estimate of drug-likeness (QED) is 0.0229. The molecule has 0 fully saturated rings. The molecule has 0 aliphatic rings. The molecule has 3 rings (SSSR count). The van der Waals surface area contributed by atoms with Crippen LogP contribution in [0.4, 0.5) is 0 Å². The molecule has 3 aromatic rings. The standard InChI is InChI=1S/C45H67N9O9/c1-27(2)12-7-6-8-16-39(57)50-36(23-29-17-19-31(56)20-18-29)41(59)54-38(26-55)43(61)52-35(22-28(3)4)40(58)53-37(24-30-25-49-33-14-10-9-13-32(30)33)42(60)51-34(44(62)63-5)15-11-21-48-45(46)47/h9-10,13-14,17-20,25,27-28,34-38,49,55-56H,6-8,11-12,15-16,21-24,26H2,1-5H3,(H,50,57)(H,51,60)(H,52,61)(H,53,58)(H,54,59)(H4,46,47,48). The van der Waals surface area contributed by atoms with Gasteiger partial charge in [-0.05, 0) is 66.8 Å². The molecule has 5 amide bonds. The number of carbonyl (C=O) groups excluding carboxylic acids is 6. The van der Waals surface area contributed by atoms with E-state index in [0.29, 0.717) is 29.9 Å². The summed E-state index contributed by atoms with van der Waals surface area (Å²) in [6.45, 7) is 7.29. The van der Waals surface area contributed by atoms with Crippen molar-refractivity contribution in [3.8, 4) is 5.75 Å². The van der Waals surface area contributed by atoms with Gasteiger partial charge in [-0.15, -0.1) is 0 Å². The molecular weight excluding hydrogens is 811 g/mol. The number of hydrogen-bond donors (Lipinski definition) is 10. The van der Waals surface area contributed by atoms with E-state index in [1.165, 1.54) is 19.2 Å². The summed E-state index contributed by atoms with van der Waals surface area (Å²) in [4.78, 5) is 88.6. The van der Waals surface area contributed by atoms with Crippen LogP contribution in [0.5, 0.6) is 5.75 Å². The Labute approximate surface area is 369 Å². The number of aliphatic hydroxyl groups is 1. The van der Waals surface area contributed by atoms with E-state index in [2.05, 4.69) is 50.4 Å². The van der Waals surface area contributed by atoms with Crippen molar-refractivity contribution in [1.82, 2.24) is 31.6 Å². The second kappa shape index (κ2) is 26.3. The number of phenolic OH excluding ortho intramolecular Hbond substituents is 1. The molecular formula is C45H67N9O9. The van der Waals surface area contributed by atoms with Crippen molar-refractivity contribution >= 4 is 52.4 Å². The number of aliphatic hydroxyl groups excluding tert-OH is 1. The number of aromatic amines is 1. The maximum Gasteiger partial charge on any atom is 0.328 e. The topological polar surface area (TPSA) is 292 Å². The number of aromatic nitrogens is 1. The molecule has 0 aliphatic heterocycles. The number of phenols is 1. The normalized spacial score (nSPS) is 13.6. The monoisotopic (exact) mass is 878 g/mol. The zero-order valence-corrected chi connectivity index (χ0v) is 37.1. The van der Waals surface area contributed by atoms with Gasteiger partial charge in [-0.1, -0.05) is 77.3 Å². The molecule has 1 heterocycles. The molecule has 2 aromatic carbocycles. The van der Waals surface area contributed by atoms with Gasteiger partial charge < -0.3 is 58.0 Å². The molecule has 0 spiro atoms. The first-order chi connectivity index (χ1) is 30.0. The number of methoxy groups -OCH3 is 1. The SMILES string of the molecule is COC(=O)C(CCCN=C(N)N)NC(=O)C(Cc1c[nH]c2ccccc12)NC(=O)C(CC(C)C)NC(=O)C(CO)NC(=O)C(Cc1ccc(O)cc1)NC(=O)CCCCCC(C)C. The Morgan fingerprint density at radius 1 is 0.698 bits per heavy atom. The molecule has 346 valence electrons. The number of para-hydroxylation sites is 1. The second-order valence-corrected chi connectivity index (χ2v) is 16.6. The number of ether oxygens (including phenoxy) is 1. The van der Waals surface area contributed by atoms with Crippen LogP contribution in [0.3, 0.4) is 0 Å². The smallest absolute Gasteiger partial charge is 0.328 e. The number of unbranched alkanes of at least 4 members (excludes halogenated alkanes) is 2. The van der Waals surface area contributed by atoms with Crippen LogP contribution in [-0.2, 0) is 46.3 Å². The van der Waals surface area contributed by atoms with E-state index in [1.807, 2.05) is 38.1 Å². The van der Waals surface area contributed by atoms with Crippen LogP contribution in [0, 0.1) is 11.8 Å². The van der Waals surface area contributed by atoms with Gasteiger partial charge in [0.15, 0.2) is 5.96 Å². The molecule has 0 radical (unpaired) electrons. The van der Waals surface area contributed by atoms with Crippen LogP contribution < -0.4 is 38.1 Å². The summed E-state index contributed by atoms with van der Waals surface area (Å²) in [5.74, 6) is -3.81. The number of nitrogens with two attached hydrogens (primary N) is 2. The van der Waals surface area contributed by atoms with Crippen molar-refractivity contribution in [3.63, 3.8) is 0 Å². The molecule has 18 heteroatoms. The highest BCUT2D eigenvalue weighted by molar-refractivity contribution is 5.96. The number of esters is 1. The van der Waals surface area contributed by atoms with Crippen molar-refractivity contribution in [1.29, 1.82) is 0 Å². The fourth-order valence-corrected chi connectivity index (χ4v) is 6.97. The predicted molar refractivity (Wildman–Crippen MR) is 240 cm³/mol. The summed E-state index contributed by atoms with van der Waals surface area (Å²) < 4.78 is 4.94. The molecule has 1 aromatic heterocycles. The van der Waals surface area contributed by atoms with Gasteiger partial charge in [0.05, 0.1) is 13.7 Å². The van der Waals surface area contributed by atoms with Crippen molar-refractivity contribution in [2.75, 3.05) is 20.3 Å². The van der Waals surface area contributed by atoms with Gasteiger partial charge in [0, 0.05) is 42.9 Å². The molecule has 18 nitrogen and oxygen atoms in total. The first-order valence-electron chi connectivity index (χ1n) is 21.6. The second-order valence-electron chi connectivity index (χ2n) is 16.6. The van der Waals surface area contributed by atoms with E-state index in [9.17, 15) is 39.0 Å². The zero-order chi connectivity index (χ0) is 46.5. The van der Waals surface area contributed by atoms with Crippen molar-refractivity contribution in [2.24, 2.45) is 28.3 Å². The third kappa shape index (κ3) is 18.0. The summed E-state index contributed by atoms with van der Waals surface area (Å²) in [6.07, 6.45) is 5.98. The Kier molecular flexibility index (Phi) is 21.4. The summed E-state index contributed by atoms with van der Waals surface area (Å²) in [6, 6.07) is 7.27. The Morgan fingerprint density at radius 2 is 1.30 bits per heavy atom. The number of rotatable bonds is 27. The van der Waals surface area contributed by atoms with Crippen LogP contribution >= 0.6 is 0 Å². The van der Waals surface area contributed by atoms with Gasteiger partial charge in [0.2, 0.25) is 29.5 Å². The Morgan fingerprint density at radius 3 is 1.94 bits per heavy atom. The first kappa shape index (κ1) is 51.2. The Hall–Kier alpha value is -6.17. The number of fused-ring (bicyclic) bond motifs is 1. The number of nitrogens with zero attached hydrogens (tertiary/aromatic N) is 1. The zero-order valence-electron chi connectivity index (χ0n) is 37.1. The van der Waals surface area contributed by atoms with Gasteiger partial charge in [-0.25, -0.2) is 4.79 Å². The van der Waals surface area contributed by atoms with Crippen molar-refractivity contribution < 1.29 is 43.7 Å². The number of amides is 5. The van der Waals surface area contributed by atoms with E-state index in [0.717, 1.165) is 30.2 Å². The molecule has 0 bridgehead atoms. The summed E-state index contributed by atoms with van der Waals surface area (Å²) in [5, 5.41) is 34.4. The number of nitrogens with one attached hydrogen (secondary N) is 6. The van der Waals surface area contributed by atoms with E-state index in [4.69, 9.17) is 16.2 Å². The summed E-state index contributed by atoms with van der Waals surface area (Å²) >= 11 is 0. The molecule has 63 heavy (non-hydrogen) atoms. The number of H-pyrrole nitrogens is 1. The molecule has 0 aliphatic carbocycles. The van der Waals surface area contributed by atoms with Gasteiger partial charge in [-0.3, -0.25) is 29.0 Å². The van der Waals surface area contributed by atoms with Crippen LogP contribution in [0.2, 0.25) is 0 Å². The lowest BCUT2D eigenvalue weighted by Crippen LogP contribution is -2.60. The van der Waals surface area contributed by atoms with Crippen LogP contribution in [0.1, 0.15) is 90.2 Å². The highest BCUT2D eigenvalue weighted by atomic mass is 16.5. The highest BCUT2D eigenvalue weighted by Crippen LogP contribution is 2.20. The van der Waals surface area contributed by atoms with Crippen molar-refractivity contribution in [2.45, 2.75) is 122 Å². The van der Waals surface area contributed by atoms with E-state index >= 15 is 0 Å². The number of carbonyl (C=O) groups is 6. The molecule has 5 atom stereocenters. The fraction of sp³-hybridized carbons (Fsp3) is 0.533. The lowest BCUT2D eigenvalue weighted by atomic mass is 10.00. The van der Waals surface area contributed by atoms with Gasteiger partial charge in [0.25, 0.3) is 0 Å². The average molecular weight is 878 g/mol. The first-order valence-corrected chi connectivity index (χ1v) is 21.6. The van der Waals surface area contributed by atoms with Crippen molar-refractivity contribution in [3.05, 3.63) is 65.9 Å². The number of aromatic hydroxyl groups is 1. The minimum absolute atomic E-state index is 0.00671. The third-order valence-corrected chi connectivity index (χ3v) is 10.3. The lowest BCUT2D eigenvalue weighted by Gasteiger charge is -2.27. The summed E-state index contributed by atoms with van der Waals surface area (Å²) in [5.41, 5.74) is 13.0. The Balaban J connectivity index is 1.82. The van der Waals surface area contributed by atoms with Gasteiger partial charge >= 0.3 is 5.97 Å². The van der Waals surface area contributed by atoms with Gasteiger partial charge in [0.1, 0.15) is 36.0 Å². The minimum Gasteiger partial charge on any atom is -0.508 e. The van der Waals surface area contributed by atoms with Crippen LogP contribution in [0.25, 0.3) is 10.9 Å². The molecule has 12 N–H and O–H groups in total. The molecule has 5 unspecified atom stereocenters. The maximum atomic E-state index is 14.2. The molecule has 0 saturated carbocycles. The number of aliphatic imine (C=N–C) groups is 1. The predicted octanol–water partition coefficient (Wildman–Crippen LogP) is 1.95. The van der Waals surface area contributed by atoms with E-state index in [1.54, 1.807) is 18.3 Å². The van der Waals surface area contributed by atoms with E-state index < -0.39 is 66.4 Å². The minimum atomic E-state index is -1.53. The fourth-order valence-electron chi connectivity index (χ4n) is 6.97. The summed E-state index contributed by atoms with van der Waals surface area (Å²) in [7, 11) is 1.19.